The molecular weight excluding hydrogens is 292 g/mol. The van der Waals surface area contributed by atoms with Crippen LogP contribution in [0, 0.1) is 6.92 Å². The largest absolute Gasteiger partial charge is 0.435 e. The molecule has 0 bridgehead atoms. The third kappa shape index (κ3) is 2.22. The van der Waals surface area contributed by atoms with Gasteiger partial charge in [0, 0.05) is 0 Å². The van der Waals surface area contributed by atoms with Crippen LogP contribution in [0.2, 0.25) is 0 Å². The zero-order chi connectivity index (χ0) is 15.9. The molecule has 0 fully saturated rings. The van der Waals surface area contributed by atoms with Crippen molar-refractivity contribution in [2.45, 2.75) is 13.5 Å². The number of anilines is 1. The van der Waals surface area contributed by atoms with Crippen molar-refractivity contribution < 1.29 is 23.1 Å². The lowest BCUT2D eigenvalue weighted by atomic mass is 10.1. The number of imide groups is 1. The summed E-state index contributed by atoms with van der Waals surface area (Å²) in [7, 11) is 0. The molecule has 0 aromatic heterocycles. The third-order valence-electron chi connectivity index (χ3n) is 3.43. The Morgan fingerprint density at radius 3 is 2.09 bits per heavy atom. The van der Waals surface area contributed by atoms with Crippen molar-refractivity contribution in [1.82, 2.24) is 0 Å². The summed E-state index contributed by atoms with van der Waals surface area (Å²) < 4.78 is 28.7. The Morgan fingerprint density at radius 1 is 1.00 bits per heavy atom. The molecule has 0 saturated heterocycles. The molecule has 0 unspecified atom stereocenters. The number of ether oxygens (including phenoxy) is 1. The molecule has 4 nitrogen and oxygen atoms in total. The van der Waals surface area contributed by atoms with E-state index in [9.17, 15) is 18.4 Å². The van der Waals surface area contributed by atoms with Gasteiger partial charge in [0.25, 0.3) is 11.8 Å². The minimum atomic E-state index is -2.93. The topological polar surface area (TPSA) is 46.6 Å². The van der Waals surface area contributed by atoms with E-state index in [1.165, 1.54) is 18.2 Å². The highest BCUT2D eigenvalue weighted by Gasteiger charge is 2.36. The molecule has 6 heteroatoms. The summed E-state index contributed by atoms with van der Waals surface area (Å²) in [6.07, 6.45) is 0. The summed E-state index contributed by atoms with van der Waals surface area (Å²) in [4.78, 5) is 25.8. The molecule has 0 saturated carbocycles. The molecule has 2 aromatic carbocycles. The van der Waals surface area contributed by atoms with Crippen molar-refractivity contribution in [3.05, 3.63) is 59.2 Å². The van der Waals surface area contributed by atoms with Crippen LogP contribution in [-0.4, -0.2) is 18.4 Å². The fourth-order valence-corrected chi connectivity index (χ4v) is 2.46. The van der Waals surface area contributed by atoms with Gasteiger partial charge in [-0.05, 0) is 42.8 Å². The summed E-state index contributed by atoms with van der Waals surface area (Å²) in [5, 5.41) is 0. The van der Waals surface area contributed by atoms with E-state index in [0.717, 1.165) is 4.90 Å². The van der Waals surface area contributed by atoms with Crippen molar-refractivity contribution in [2.75, 3.05) is 4.90 Å². The average molecular weight is 303 g/mol. The van der Waals surface area contributed by atoms with Crippen LogP contribution in [0.4, 0.5) is 14.5 Å². The third-order valence-corrected chi connectivity index (χ3v) is 3.43. The molecule has 0 spiro atoms. The van der Waals surface area contributed by atoms with Crippen LogP contribution in [0.25, 0.3) is 0 Å². The quantitative estimate of drug-likeness (QED) is 0.816. The standard InChI is InChI=1S/C16H11F2NO3/c1-9-8-10(22-16(17)18)6-7-13(9)19-14(20)11-4-2-3-5-12(11)15(19)21/h2-8,16H,1H3. The zero-order valence-corrected chi connectivity index (χ0v) is 11.5. The zero-order valence-electron chi connectivity index (χ0n) is 11.5. The summed E-state index contributed by atoms with van der Waals surface area (Å²) in [6, 6.07) is 10.6. The number of alkyl halides is 2. The number of hydrogen-bond acceptors (Lipinski definition) is 3. The Labute approximate surface area is 124 Å². The summed E-state index contributed by atoms with van der Waals surface area (Å²) in [5.41, 5.74) is 1.51. The van der Waals surface area contributed by atoms with E-state index in [4.69, 9.17) is 0 Å². The average Bonchev–Trinajstić information content (AvgIpc) is 2.72. The van der Waals surface area contributed by atoms with E-state index in [-0.39, 0.29) is 5.75 Å². The number of hydrogen-bond donors (Lipinski definition) is 0. The van der Waals surface area contributed by atoms with Gasteiger partial charge in [-0.2, -0.15) is 8.78 Å². The maximum atomic E-state index is 12.4. The normalized spacial score (nSPS) is 13.7. The highest BCUT2D eigenvalue weighted by molar-refractivity contribution is 6.34. The number of fused-ring (bicyclic) bond motifs is 1. The van der Waals surface area contributed by atoms with Crippen LogP contribution < -0.4 is 9.64 Å². The molecule has 1 heterocycles. The molecule has 0 N–H and O–H groups in total. The monoisotopic (exact) mass is 303 g/mol. The van der Waals surface area contributed by atoms with Gasteiger partial charge in [0.05, 0.1) is 16.8 Å². The van der Waals surface area contributed by atoms with Gasteiger partial charge in [-0.15, -0.1) is 0 Å². The Bertz CT molecular complexity index is 739. The van der Waals surface area contributed by atoms with Crippen molar-refractivity contribution >= 4 is 17.5 Å². The van der Waals surface area contributed by atoms with E-state index in [2.05, 4.69) is 4.74 Å². The molecule has 22 heavy (non-hydrogen) atoms. The van der Waals surface area contributed by atoms with Crippen LogP contribution in [0.15, 0.2) is 42.5 Å². The first-order valence-corrected chi connectivity index (χ1v) is 6.52. The minimum Gasteiger partial charge on any atom is -0.435 e. The van der Waals surface area contributed by atoms with E-state index in [0.29, 0.717) is 22.4 Å². The Morgan fingerprint density at radius 2 is 1.59 bits per heavy atom. The molecule has 1 aliphatic heterocycles. The van der Waals surface area contributed by atoms with Crippen LogP contribution in [0.3, 0.4) is 0 Å². The molecule has 3 rings (SSSR count). The Kier molecular flexibility index (Phi) is 3.36. The van der Waals surface area contributed by atoms with Crippen LogP contribution in [-0.2, 0) is 0 Å². The summed E-state index contributed by atoms with van der Waals surface area (Å²) >= 11 is 0. The Balaban J connectivity index is 1.99. The van der Waals surface area contributed by atoms with Gasteiger partial charge in [-0.25, -0.2) is 4.90 Å². The van der Waals surface area contributed by atoms with Crippen LogP contribution in [0.1, 0.15) is 26.3 Å². The van der Waals surface area contributed by atoms with Crippen molar-refractivity contribution in [3.8, 4) is 5.75 Å². The van der Waals surface area contributed by atoms with E-state index < -0.39 is 18.4 Å². The number of carbonyl (C=O) groups excluding carboxylic acids is 2. The number of nitrogens with zero attached hydrogens (tertiary/aromatic N) is 1. The molecule has 112 valence electrons. The lowest BCUT2D eigenvalue weighted by Crippen LogP contribution is -2.30. The second-order valence-electron chi connectivity index (χ2n) is 4.82. The van der Waals surface area contributed by atoms with Gasteiger partial charge in [-0.3, -0.25) is 9.59 Å². The first-order valence-electron chi connectivity index (χ1n) is 6.52. The lowest BCUT2D eigenvalue weighted by Gasteiger charge is -2.17. The second kappa shape index (κ2) is 5.22. The van der Waals surface area contributed by atoms with Gasteiger partial charge >= 0.3 is 6.61 Å². The van der Waals surface area contributed by atoms with Crippen molar-refractivity contribution in [2.24, 2.45) is 0 Å². The number of carbonyl (C=O) groups is 2. The predicted octanol–water partition coefficient (Wildman–Crippen LogP) is 3.40. The highest BCUT2D eigenvalue weighted by Crippen LogP contribution is 2.32. The van der Waals surface area contributed by atoms with Gasteiger partial charge < -0.3 is 4.74 Å². The van der Waals surface area contributed by atoms with Gasteiger partial charge in [0.2, 0.25) is 0 Å². The minimum absolute atomic E-state index is 0.0205. The van der Waals surface area contributed by atoms with E-state index in [1.54, 1.807) is 31.2 Å². The lowest BCUT2D eigenvalue weighted by molar-refractivity contribution is -0.0498. The van der Waals surface area contributed by atoms with Crippen LogP contribution >= 0.6 is 0 Å². The molecule has 0 atom stereocenters. The highest BCUT2D eigenvalue weighted by atomic mass is 19.3. The van der Waals surface area contributed by atoms with Crippen LogP contribution in [0.5, 0.6) is 5.75 Å². The van der Waals surface area contributed by atoms with E-state index >= 15 is 0 Å². The fraction of sp³-hybridized carbons (Fsp3) is 0.125. The fourth-order valence-electron chi connectivity index (χ4n) is 2.46. The van der Waals surface area contributed by atoms with Crippen molar-refractivity contribution in [3.63, 3.8) is 0 Å². The predicted molar refractivity (Wildman–Crippen MR) is 75.4 cm³/mol. The van der Waals surface area contributed by atoms with E-state index in [1.807, 2.05) is 0 Å². The maximum absolute atomic E-state index is 12.4. The molecule has 2 aromatic rings. The molecule has 1 aliphatic rings. The van der Waals surface area contributed by atoms with Crippen molar-refractivity contribution in [1.29, 1.82) is 0 Å². The first kappa shape index (κ1) is 14.2. The number of amides is 2. The SMILES string of the molecule is Cc1cc(OC(F)F)ccc1N1C(=O)c2ccccc2C1=O. The maximum Gasteiger partial charge on any atom is 0.387 e. The number of halogens is 2. The number of benzene rings is 2. The molecular formula is C16H11F2NO3. The van der Waals surface area contributed by atoms with Gasteiger partial charge in [0.1, 0.15) is 5.75 Å². The van der Waals surface area contributed by atoms with Gasteiger partial charge in [-0.1, -0.05) is 12.1 Å². The molecule has 2 amide bonds. The summed E-state index contributed by atoms with van der Waals surface area (Å²) in [5.74, 6) is -0.870. The Hall–Kier alpha value is -2.76. The molecule has 0 radical (unpaired) electrons. The number of rotatable bonds is 3. The summed E-state index contributed by atoms with van der Waals surface area (Å²) in [6.45, 7) is -1.30. The number of aryl methyl sites for hydroxylation is 1. The van der Waals surface area contributed by atoms with Gasteiger partial charge in [0.15, 0.2) is 0 Å². The second-order valence-corrected chi connectivity index (χ2v) is 4.82. The molecule has 0 aliphatic carbocycles. The smallest absolute Gasteiger partial charge is 0.387 e. The first-order chi connectivity index (χ1) is 10.5.